The second-order valence-corrected chi connectivity index (χ2v) is 4.84. The van der Waals surface area contributed by atoms with E-state index in [2.05, 4.69) is 4.98 Å². The number of carbonyl (C=O) groups is 2. The predicted octanol–water partition coefficient (Wildman–Crippen LogP) is 1.71. The summed E-state index contributed by atoms with van der Waals surface area (Å²) < 4.78 is 1.60. The number of rotatable bonds is 4. The lowest BCUT2D eigenvalue weighted by atomic mass is 10.1. The predicted molar refractivity (Wildman–Crippen MR) is 72.9 cm³/mol. The lowest BCUT2D eigenvalue weighted by molar-refractivity contribution is -0.683. The highest BCUT2D eigenvalue weighted by Gasteiger charge is 2.22. The van der Waals surface area contributed by atoms with Gasteiger partial charge in [-0.2, -0.15) is 4.57 Å². The van der Waals surface area contributed by atoms with E-state index in [0.29, 0.717) is 22.5 Å². The first-order valence-corrected chi connectivity index (χ1v) is 6.31. The zero-order valence-electron chi connectivity index (χ0n) is 11.7. The fraction of sp³-hybridized carbons (Fsp3) is 0.267. The Morgan fingerprint density at radius 1 is 1.35 bits per heavy atom. The summed E-state index contributed by atoms with van der Waals surface area (Å²) in [5.41, 5.74) is 2.41. The molecule has 2 aromatic rings. The van der Waals surface area contributed by atoms with Crippen molar-refractivity contribution >= 4 is 11.6 Å². The Bertz CT molecular complexity index is 686. The van der Waals surface area contributed by atoms with Crippen molar-refractivity contribution in [2.75, 3.05) is 0 Å². The summed E-state index contributed by atoms with van der Waals surface area (Å²) in [6, 6.07) is 3.20. The van der Waals surface area contributed by atoms with Gasteiger partial charge in [-0.15, -0.1) is 0 Å². The third kappa shape index (κ3) is 2.61. The number of nitrogens with zero attached hydrogens (tertiary/aromatic N) is 1. The van der Waals surface area contributed by atoms with Gasteiger partial charge < -0.3 is 10.1 Å². The van der Waals surface area contributed by atoms with Gasteiger partial charge in [0.1, 0.15) is 0 Å². The maximum Gasteiger partial charge on any atom is 0.243 e. The molecule has 0 radical (unpaired) electrons. The van der Waals surface area contributed by atoms with Crippen molar-refractivity contribution in [3.05, 3.63) is 47.0 Å². The minimum atomic E-state index is -0.131. The van der Waals surface area contributed by atoms with Crippen molar-refractivity contribution in [3.63, 3.8) is 0 Å². The number of Topliss-reactive ketones (excluding diaryl/α,β-unsaturated/α-hetero) is 2. The van der Waals surface area contributed by atoms with Crippen molar-refractivity contribution < 1.29 is 19.3 Å². The largest absolute Gasteiger partial charge is 0.503 e. The maximum atomic E-state index is 12.3. The third-order valence-corrected chi connectivity index (χ3v) is 3.24. The zero-order chi connectivity index (χ0) is 14.9. The summed E-state index contributed by atoms with van der Waals surface area (Å²) in [5.74, 6) is -0.0851. The van der Waals surface area contributed by atoms with E-state index < -0.39 is 0 Å². The van der Waals surface area contributed by atoms with Crippen LogP contribution in [0.2, 0.25) is 0 Å². The molecule has 0 saturated heterocycles. The molecule has 0 spiro atoms. The Balaban J connectivity index is 2.31. The van der Waals surface area contributed by atoms with Gasteiger partial charge in [-0.3, -0.25) is 9.59 Å². The van der Waals surface area contributed by atoms with Gasteiger partial charge in [0.25, 0.3) is 0 Å². The Hall–Kier alpha value is -2.43. The van der Waals surface area contributed by atoms with E-state index >= 15 is 0 Å². The lowest BCUT2D eigenvalue weighted by Crippen LogP contribution is -2.37. The molecule has 0 aliphatic heterocycles. The monoisotopic (exact) mass is 273 g/mol. The molecule has 5 heteroatoms. The van der Waals surface area contributed by atoms with Gasteiger partial charge >= 0.3 is 0 Å². The number of aromatic nitrogens is 2. The number of aryl methyl sites for hydroxylation is 1. The van der Waals surface area contributed by atoms with Crippen LogP contribution in [0.5, 0.6) is 5.75 Å². The normalized spacial score (nSPS) is 10.6. The second kappa shape index (κ2) is 5.28. The van der Waals surface area contributed by atoms with E-state index in [4.69, 9.17) is 0 Å². The summed E-state index contributed by atoms with van der Waals surface area (Å²) in [4.78, 5) is 26.8. The van der Waals surface area contributed by atoms with E-state index in [1.54, 1.807) is 36.7 Å². The minimum Gasteiger partial charge on any atom is -0.503 e. The number of carbonyl (C=O) groups excluding carboxylic acids is 2. The molecule has 2 N–H and O–H groups in total. The van der Waals surface area contributed by atoms with Crippen molar-refractivity contribution in [1.29, 1.82) is 0 Å². The summed E-state index contributed by atoms with van der Waals surface area (Å²) in [6.07, 6.45) is 3.18. The first-order valence-electron chi connectivity index (χ1n) is 6.31. The lowest BCUT2D eigenvalue weighted by Gasteiger charge is -1.99. The standard InChI is InChI=1S/C15H16N2O3/c1-9-14(11(3)18)10(2)16-15(9)13(20)8-17-6-4-5-12(19)7-17/h4-7H,8H2,1-3H3,(H-,16,18,19,20)/p+1. The highest BCUT2D eigenvalue weighted by molar-refractivity contribution is 6.02. The summed E-state index contributed by atoms with van der Waals surface area (Å²) in [7, 11) is 0. The summed E-state index contributed by atoms with van der Waals surface area (Å²) in [5, 5.41) is 9.39. The minimum absolute atomic E-state index is 0.0553. The molecule has 2 aromatic heterocycles. The molecule has 20 heavy (non-hydrogen) atoms. The Kier molecular flexibility index (Phi) is 3.70. The smallest absolute Gasteiger partial charge is 0.243 e. The van der Waals surface area contributed by atoms with E-state index in [1.165, 1.54) is 13.1 Å². The van der Waals surface area contributed by atoms with Crippen LogP contribution in [0, 0.1) is 13.8 Å². The Morgan fingerprint density at radius 3 is 2.60 bits per heavy atom. The molecule has 0 unspecified atom stereocenters. The average molecular weight is 273 g/mol. The molecular formula is C15H17N2O3+. The molecule has 0 aromatic carbocycles. The Morgan fingerprint density at radius 2 is 2.05 bits per heavy atom. The van der Waals surface area contributed by atoms with Gasteiger partial charge in [-0.05, 0) is 32.4 Å². The number of hydrogen-bond donors (Lipinski definition) is 2. The molecular weight excluding hydrogens is 256 g/mol. The van der Waals surface area contributed by atoms with E-state index in [-0.39, 0.29) is 23.9 Å². The van der Waals surface area contributed by atoms with Crippen LogP contribution in [0.1, 0.15) is 39.0 Å². The fourth-order valence-corrected chi connectivity index (χ4v) is 2.41. The maximum absolute atomic E-state index is 12.3. The van der Waals surface area contributed by atoms with Crippen LogP contribution >= 0.6 is 0 Å². The number of aromatic amines is 1. The van der Waals surface area contributed by atoms with Gasteiger partial charge in [0.05, 0.1) is 5.69 Å². The molecule has 0 atom stereocenters. The molecule has 0 aliphatic carbocycles. The molecule has 0 saturated carbocycles. The van der Waals surface area contributed by atoms with Crippen LogP contribution in [0.25, 0.3) is 0 Å². The van der Waals surface area contributed by atoms with Crippen LogP contribution in [0.3, 0.4) is 0 Å². The number of ketones is 2. The van der Waals surface area contributed by atoms with Crippen molar-refractivity contribution in [2.45, 2.75) is 27.3 Å². The first kappa shape index (κ1) is 14.0. The molecule has 2 rings (SSSR count). The van der Waals surface area contributed by atoms with Gasteiger partial charge in [0.2, 0.25) is 18.5 Å². The van der Waals surface area contributed by atoms with Crippen LogP contribution in [-0.4, -0.2) is 21.7 Å². The fourth-order valence-electron chi connectivity index (χ4n) is 2.41. The van der Waals surface area contributed by atoms with Crippen molar-refractivity contribution in [1.82, 2.24) is 4.98 Å². The van der Waals surface area contributed by atoms with Crippen LogP contribution in [0.15, 0.2) is 24.5 Å². The quantitative estimate of drug-likeness (QED) is 0.658. The van der Waals surface area contributed by atoms with E-state index in [9.17, 15) is 14.7 Å². The zero-order valence-corrected chi connectivity index (χ0v) is 11.7. The molecule has 5 nitrogen and oxygen atoms in total. The molecule has 0 bridgehead atoms. The van der Waals surface area contributed by atoms with Crippen LogP contribution in [0.4, 0.5) is 0 Å². The van der Waals surface area contributed by atoms with Gasteiger partial charge in [-0.25, -0.2) is 0 Å². The highest BCUT2D eigenvalue weighted by atomic mass is 16.3. The number of pyridine rings is 1. The molecule has 0 aliphatic rings. The van der Waals surface area contributed by atoms with Crippen LogP contribution in [-0.2, 0) is 6.54 Å². The molecule has 104 valence electrons. The number of hydrogen-bond acceptors (Lipinski definition) is 3. The van der Waals surface area contributed by atoms with Gasteiger partial charge in [0.15, 0.2) is 17.7 Å². The van der Waals surface area contributed by atoms with Gasteiger partial charge in [0, 0.05) is 17.3 Å². The van der Waals surface area contributed by atoms with Crippen molar-refractivity contribution in [3.8, 4) is 5.75 Å². The van der Waals surface area contributed by atoms with Gasteiger partial charge in [-0.1, -0.05) is 0 Å². The highest BCUT2D eigenvalue weighted by Crippen LogP contribution is 2.18. The topological polar surface area (TPSA) is 74.0 Å². The number of H-pyrrole nitrogens is 1. The number of nitrogens with one attached hydrogen (secondary N) is 1. The molecule has 0 amide bonds. The summed E-state index contributed by atoms with van der Waals surface area (Å²) >= 11 is 0. The Labute approximate surface area is 116 Å². The van der Waals surface area contributed by atoms with E-state index in [0.717, 1.165) is 0 Å². The third-order valence-electron chi connectivity index (χ3n) is 3.24. The van der Waals surface area contributed by atoms with Crippen LogP contribution < -0.4 is 4.57 Å². The SMILES string of the molecule is CC(=O)c1c(C)[nH]c(C(=O)C[n+]2cccc(O)c2)c1C. The summed E-state index contributed by atoms with van der Waals surface area (Å²) in [6.45, 7) is 5.14. The van der Waals surface area contributed by atoms with E-state index in [1.807, 2.05) is 0 Å². The second-order valence-electron chi connectivity index (χ2n) is 4.84. The van der Waals surface area contributed by atoms with Crippen molar-refractivity contribution in [2.24, 2.45) is 0 Å². The first-order chi connectivity index (χ1) is 9.40. The number of aromatic hydroxyl groups is 1. The molecule has 2 heterocycles. The average Bonchev–Trinajstić information content (AvgIpc) is 2.64. The molecule has 0 fully saturated rings.